The third-order valence-corrected chi connectivity index (χ3v) is 2.68. The molecule has 0 aliphatic rings. The molecule has 1 aromatic carbocycles. The van der Waals surface area contributed by atoms with E-state index in [1.807, 2.05) is 6.07 Å². The summed E-state index contributed by atoms with van der Waals surface area (Å²) in [6.45, 7) is 1.31. The predicted molar refractivity (Wildman–Crippen MR) is 86.6 cm³/mol. The number of hydrogen-bond donors (Lipinski definition) is 2. The molecule has 0 fully saturated rings. The van der Waals surface area contributed by atoms with Crippen LogP contribution in [0.4, 0.5) is 27.8 Å². The van der Waals surface area contributed by atoms with E-state index >= 15 is 0 Å². The van der Waals surface area contributed by atoms with Crippen molar-refractivity contribution in [1.29, 1.82) is 0 Å². The summed E-state index contributed by atoms with van der Waals surface area (Å²) in [5.41, 5.74) is 6.47. The number of carbonyl (C=O) groups is 2. The van der Waals surface area contributed by atoms with E-state index in [0.717, 1.165) is 7.11 Å². The van der Waals surface area contributed by atoms with Gasteiger partial charge in [-0.25, -0.2) is 9.78 Å². The van der Waals surface area contributed by atoms with E-state index < -0.39 is 6.16 Å². The third-order valence-electron chi connectivity index (χ3n) is 2.68. The highest BCUT2D eigenvalue weighted by molar-refractivity contribution is 5.91. The van der Waals surface area contributed by atoms with Crippen molar-refractivity contribution in [3.8, 4) is 5.75 Å². The van der Waals surface area contributed by atoms with Crippen molar-refractivity contribution < 1.29 is 19.1 Å². The lowest BCUT2D eigenvalue weighted by atomic mass is 10.3. The van der Waals surface area contributed by atoms with E-state index in [1.54, 1.807) is 24.3 Å². The monoisotopic (exact) mass is 329 g/mol. The Morgan fingerprint density at radius 3 is 2.54 bits per heavy atom. The first-order valence-electron chi connectivity index (χ1n) is 6.80. The molecule has 0 unspecified atom stereocenters. The first kappa shape index (κ1) is 16.9. The molecule has 0 aliphatic carbocycles. The van der Waals surface area contributed by atoms with Crippen LogP contribution >= 0.6 is 0 Å². The Hall–Kier alpha value is -3.49. The number of benzene rings is 1. The summed E-state index contributed by atoms with van der Waals surface area (Å²) in [5.74, 6) is -0.433. The van der Waals surface area contributed by atoms with Gasteiger partial charge in [0.15, 0.2) is 17.4 Å². The SMILES string of the molecule is COC(=O)Oc1cc(N=Nc2ccccc2)c(NC(C)=O)nc1N. The van der Waals surface area contributed by atoms with Gasteiger partial charge in [-0.05, 0) is 12.1 Å². The minimum absolute atomic E-state index is 0.0574. The highest BCUT2D eigenvalue weighted by Gasteiger charge is 2.15. The second-order valence-corrected chi connectivity index (χ2v) is 4.51. The minimum atomic E-state index is -0.957. The number of anilines is 2. The number of methoxy groups -OCH3 is 1. The number of pyridine rings is 1. The number of carbonyl (C=O) groups excluding carboxylic acids is 2. The Balaban J connectivity index is 2.40. The third kappa shape index (κ3) is 4.50. The zero-order valence-corrected chi connectivity index (χ0v) is 13.0. The summed E-state index contributed by atoms with van der Waals surface area (Å²) >= 11 is 0. The van der Waals surface area contributed by atoms with Crippen LogP contribution in [0.5, 0.6) is 5.75 Å². The Bertz CT molecular complexity index is 777. The molecular formula is C15H15N5O4. The molecule has 1 aromatic heterocycles. The van der Waals surface area contributed by atoms with Gasteiger partial charge in [0.05, 0.1) is 12.8 Å². The standard InChI is InChI=1S/C15H15N5O4/c1-9(21)17-14-11(20-19-10-6-4-3-5-7-10)8-12(13(16)18-14)24-15(22)23-2/h3-8H,1-2H3,(H3,16,17,18,21). The van der Waals surface area contributed by atoms with Gasteiger partial charge in [-0.1, -0.05) is 18.2 Å². The van der Waals surface area contributed by atoms with Gasteiger partial charge < -0.3 is 20.5 Å². The van der Waals surface area contributed by atoms with Crippen molar-refractivity contribution in [2.24, 2.45) is 10.2 Å². The fraction of sp³-hybridized carbons (Fsp3) is 0.133. The lowest BCUT2D eigenvalue weighted by molar-refractivity contribution is -0.114. The minimum Gasteiger partial charge on any atom is -0.437 e. The highest BCUT2D eigenvalue weighted by Crippen LogP contribution is 2.33. The number of nitrogens with zero attached hydrogens (tertiary/aromatic N) is 3. The highest BCUT2D eigenvalue weighted by atomic mass is 16.7. The van der Waals surface area contributed by atoms with Crippen LogP contribution in [-0.2, 0) is 9.53 Å². The van der Waals surface area contributed by atoms with Crippen molar-refractivity contribution in [3.05, 3.63) is 36.4 Å². The van der Waals surface area contributed by atoms with Gasteiger partial charge in [-0.3, -0.25) is 4.79 Å². The Kier molecular flexibility index (Phi) is 5.40. The molecule has 9 nitrogen and oxygen atoms in total. The van der Waals surface area contributed by atoms with Crippen LogP contribution in [0, 0.1) is 0 Å². The fourth-order valence-electron chi connectivity index (χ4n) is 1.65. The molecule has 0 saturated carbocycles. The summed E-state index contributed by atoms with van der Waals surface area (Å²) < 4.78 is 9.29. The van der Waals surface area contributed by atoms with Gasteiger partial charge in [0.1, 0.15) is 5.69 Å². The van der Waals surface area contributed by atoms with E-state index in [0.29, 0.717) is 5.69 Å². The molecule has 124 valence electrons. The Morgan fingerprint density at radius 1 is 1.21 bits per heavy atom. The van der Waals surface area contributed by atoms with Crippen molar-refractivity contribution in [2.45, 2.75) is 6.92 Å². The number of nitrogens with one attached hydrogen (secondary N) is 1. The molecule has 0 saturated heterocycles. The quantitative estimate of drug-likeness (QED) is 0.654. The van der Waals surface area contributed by atoms with Crippen molar-refractivity contribution in [1.82, 2.24) is 4.98 Å². The summed E-state index contributed by atoms with van der Waals surface area (Å²) in [6, 6.07) is 10.3. The Morgan fingerprint density at radius 2 is 1.92 bits per heavy atom. The van der Waals surface area contributed by atoms with E-state index in [1.165, 1.54) is 13.0 Å². The van der Waals surface area contributed by atoms with Crippen LogP contribution in [0.15, 0.2) is 46.6 Å². The normalized spacial score (nSPS) is 10.4. The topological polar surface area (TPSA) is 128 Å². The zero-order valence-electron chi connectivity index (χ0n) is 13.0. The molecule has 1 amide bonds. The Labute approximate surface area is 137 Å². The molecule has 0 atom stereocenters. The molecular weight excluding hydrogens is 314 g/mol. The number of nitrogen functional groups attached to an aromatic ring is 1. The maximum Gasteiger partial charge on any atom is 0.513 e. The first-order valence-corrected chi connectivity index (χ1v) is 6.80. The average Bonchev–Trinajstić information content (AvgIpc) is 2.56. The molecule has 24 heavy (non-hydrogen) atoms. The summed E-state index contributed by atoms with van der Waals surface area (Å²) in [4.78, 5) is 26.5. The van der Waals surface area contributed by atoms with E-state index in [4.69, 9.17) is 10.5 Å². The van der Waals surface area contributed by atoms with Crippen LogP contribution in [0.2, 0.25) is 0 Å². The van der Waals surface area contributed by atoms with Gasteiger partial charge in [0.25, 0.3) is 0 Å². The molecule has 1 heterocycles. The van der Waals surface area contributed by atoms with Crippen molar-refractivity contribution in [3.63, 3.8) is 0 Å². The summed E-state index contributed by atoms with van der Waals surface area (Å²) in [6.07, 6.45) is -0.957. The number of azo groups is 1. The van der Waals surface area contributed by atoms with Gasteiger partial charge in [-0.2, -0.15) is 5.11 Å². The smallest absolute Gasteiger partial charge is 0.437 e. The van der Waals surface area contributed by atoms with E-state index in [-0.39, 0.29) is 29.0 Å². The zero-order chi connectivity index (χ0) is 17.5. The molecule has 2 rings (SSSR count). The fourth-order valence-corrected chi connectivity index (χ4v) is 1.65. The molecule has 9 heteroatoms. The van der Waals surface area contributed by atoms with Crippen molar-refractivity contribution in [2.75, 3.05) is 18.2 Å². The molecule has 0 radical (unpaired) electrons. The van der Waals surface area contributed by atoms with Gasteiger partial charge in [0, 0.05) is 13.0 Å². The average molecular weight is 329 g/mol. The van der Waals surface area contributed by atoms with Crippen LogP contribution < -0.4 is 15.8 Å². The second kappa shape index (κ2) is 7.68. The predicted octanol–water partition coefficient (Wildman–Crippen LogP) is 3.18. The second-order valence-electron chi connectivity index (χ2n) is 4.51. The maximum atomic E-state index is 11.3. The number of aromatic nitrogens is 1. The molecule has 3 N–H and O–H groups in total. The van der Waals surface area contributed by atoms with Crippen LogP contribution in [-0.4, -0.2) is 24.2 Å². The molecule has 0 bridgehead atoms. The van der Waals surface area contributed by atoms with Gasteiger partial charge >= 0.3 is 6.16 Å². The van der Waals surface area contributed by atoms with Crippen LogP contribution in [0.1, 0.15) is 6.92 Å². The number of hydrogen-bond acceptors (Lipinski definition) is 8. The largest absolute Gasteiger partial charge is 0.513 e. The molecule has 2 aromatic rings. The molecule has 0 spiro atoms. The number of amides is 1. The van der Waals surface area contributed by atoms with E-state index in [2.05, 4.69) is 25.3 Å². The van der Waals surface area contributed by atoms with Gasteiger partial charge in [-0.15, -0.1) is 5.11 Å². The van der Waals surface area contributed by atoms with Crippen LogP contribution in [0.3, 0.4) is 0 Å². The summed E-state index contributed by atoms with van der Waals surface area (Å²) in [7, 11) is 1.16. The maximum absolute atomic E-state index is 11.3. The lowest BCUT2D eigenvalue weighted by Crippen LogP contribution is -2.12. The lowest BCUT2D eigenvalue weighted by Gasteiger charge is -2.10. The number of rotatable bonds is 4. The van der Waals surface area contributed by atoms with Crippen LogP contribution in [0.25, 0.3) is 0 Å². The number of ether oxygens (including phenoxy) is 2. The summed E-state index contributed by atoms with van der Waals surface area (Å²) in [5, 5.41) is 10.5. The van der Waals surface area contributed by atoms with E-state index in [9.17, 15) is 9.59 Å². The first-order chi connectivity index (χ1) is 11.5. The number of nitrogens with two attached hydrogens (primary N) is 1. The van der Waals surface area contributed by atoms with Crippen molar-refractivity contribution >= 4 is 35.1 Å². The molecule has 0 aliphatic heterocycles. The van der Waals surface area contributed by atoms with Gasteiger partial charge in [0.2, 0.25) is 5.91 Å².